The summed E-state index contributed by atoms with van der Waals surface area (Å²) in [6.45, 7) is 10.3. The first-order valence-corrected chi connectivity index (χ1v) is 9.71. The fraction of sp³-hybridized carbons (Fsp3) is 0.682. The van der Waals surface area contributed by atoms with Crippen LogP contribution < -0.4 is 9.47 Å². The van der Waals surface area contributed by atoms with Gasteiger partial charge in [0.05, 0.1) is 0 Å². The zero-order chi connectivity index (χ0) is 17.9. The molecule has 0 unspecified atom stereocenters. The summed E-state index contributed by atoms with van der Waals surface area (Å²) in [6.07, 6.45) is 7.36. The van der Waals surface area contributed by atoms with Crippen molar-refractivity contribution in [3.05, 3.63) is 23.8 Å². The normalized spacial score (nSPS) is 38.6. The molecule has 3 nitrogen and oxygen atoms in total. The zero-order valence-corrected chi connectivity index (χ0v) is 15.9. The van der Waals surface area contributed by atoms with Gasteiger partial charge in [-0.1, -0.05) is 27.2 Å². The molecule has 1 heterocycles. The van der Waals surface area contributed by atoms with E-state index in [4.69, 9.17) is 9.47 Å². The first-order chi connectivity index (χ1) is 11.8. The van der Waals surface area contributed by atoms with Gasteiger partial charge in [-0.3, -0.25) is 4.79 Å². The molecule has 1 aromatic rings. The largest absolute Gasteiger partial charge is 0.487 e. The van der Waals surface area contributed by atoms with Crippen LogP contribution in [-0.2, 0) is 11.2 Å². The van der Waals surface area contributed by atoms with E-state index in [0.29, 0.717) is 29.0 Å². The van der Waals surface area contributed by atoms with Gasteiger partial charge in [0, 0.05) is 5.92 Å². The van der Waals surface area contributed by atoms with Crippen LogP contribution in [0.15, 0.2) is 18.2 Å². The molecule has 0 N–H and O–H groups in total. The molecule has 0 spiro atoms. The van der Waals surface area contributed by atoms with E-state index in [2.05, 4.69) is 27.7 Å². The van der Waals surface area contributed by atoms with Crippen LogP contribution in [-0.4, -0.2) is 12.1 Å². The Labute approximate surface area is 151 Å². The van der Waals surface area contributed by atoms with Crippen LogP contribution in [0.3, 0.4) is 0 Å². The van der Waals surface area contributed by atoms with Crippen LogP contribution in [0, 0.1) is 22.7 Å². The quantitative estimate of drug-likeness (QED) is 0.697. The number of ether oxygens (including phenoxy) is 2. The highest BCUT2D eigenvalue weighted by Gasteiger charge is 2.60. The van der Waals surface area contributed by atoms with Crippen LogP contribution >= 0.6 is 0 Å². The highest BCUT2D eigenvalue weighted by Crippen LogP contribution is 2.64. The topological polar surface area (TPSA) is 35.5 Å². The lowest BCUT2D eigenvalue weighted by molar-refractivity contribution is -0.162. The molecule has 0 bridgehead atoms. The number of hydrogen-bond acceptors (Lipinski definition) is 3. The van der Waals surface area contributed by atoms with Crippen molar-refractivity contribution in [1.82, 2.24) is 0 Å². The maximum atomic E-state index is 10.7. The molecule has 2 fully saturated rings. The van der Waals surface area contributed by atoms with Crippen molar-refractivity contribution in [3.8, 4) is 11.5 Å². The lowest BCUT2D eigenvalue weighted by Crippen LogP contribution is -2.61. The minimum absolute atomic E-state index is 0.0846. The summed E-state index contributed by atoms with van der Waals surface area (Å²) in [5.74, 6) is 2.85. The van der Waals surface area contributed by atoms with Crippen molar-refractivity contribution in [3.63, 3.8) is 0 Å². The highest BCUT2D eigenvalue weighted by molar-refractivity contribution is 5.49. The van der Waals surface area contributed by atoms with Crippen LogP contribution in [0.4, 0.5) is 0 Å². The second-order valence-electron chi connectivity index (χ2n) is 9.59. The van der Waals surface area contributed by atoms with Gasteiger partial charge in [0.25, 0.3) is 6.47 Å². The number of carbonyl (C=O) groups excluding carboxylic acids is 1. The Morgan fingerprint density at radius 3 is 2.68 bits per heavy atom. The summed E-state index contributed by atoms with van der Waals surface area (Å²) in [5.41, 5.74) is 1.83. The van der Waals surface area contributed by atoms with Gasteiger partial charge in [0.15, 0.2) is 0 Å². The Kier molecular flexibility index (Phi) is 3.72. The molecular formula is C22H30O3. The Morgan fingerprint density at radius 2 is 1.92 bits per heavy atom. The Morgan fingerprint density at radius 1 is 1.12 bits per heavy atom. The van der Waals surface area contributed by atoms with Gasteiger partial charge in [-0.05, 0) is 79.5 Å². The first-order valence-electron chi connectivity index (χ1n) is 9.71. The summed E-state index contributed by atoms with van der Waals surface area (Å²) < 4.78 is 11.7. The predicted molar refractivity (Wildman–Crippen MR) is 97.8 cm³/mol. The third kappa shape index (κ3) is 2.50. The van der Waals surface area contributed by atoms with Gasteiger partial charge in [0.1, 0.15) is 17.1 Å². The minimum Gasteiger partial charge on any atom is -0.487 e. The standard InChI is InChI=1S/C22H30O3/c1-20(2)9-5-10-21(3)18(20)8-11-22(4)19(21)13-15-12-16(24-14-23)6-7-17(15)25-22/h6-7,12,14,18-19H,5,8-11,13H2,1-4H3/t18-,19+,21-,22+/m0/s1. The van der Waals surface area contributed by atoms with Gasteiger partial charge in [-0.2, -0.15) is 0 Å². The van der Waals surface area contributed by atoms with Crippen molar-refractivity contribution in [2.24, 2.45) is 22.7 Å². The number of hydrogen-bond donors (Lipinski definition) is 0. The first kappa shape index (κ1) is 16.9. The average Bonchev–Trinajstić information content (AvgIpc) is 2.53. The molecule has 0 amide bonds. The van der Waals surface area contributed by atoms with E-state index in [-0.39, 0.29) is 5.60 Å². The average molecular weight is 342 g/mol. The molecule has 4 rings (SSSR count). The van der Waals surface area contributed by atoms with Crippen LogP contribution in [0.5, 0.6) is 11.5 Å². The fourth-order valence-electron chi connectivity index (χ4n) is 6.59. The van der Waals surface area contributed by atoms with Crippen molar-refractivity contribution in [1.29, 1.82) is 0 Å². The molecule has 1 aliphatic heterocycles. The van der Waals surface area contributed by atoms with Crippen LogP contribution in [0.25, 0.3) is 0 Å². The van der Waals surface area contributed by atoms with Gasteiger partial charge >= 0.3 is 0 Å². The van der Waals surface area contributed by atoms with Gasteiger partial charge in [0.2, 0.25) is 0 Å². The Bertz CT molecular complexity index is 695. The van der Waals surface area contributed by atoms with Gasteiger partial charge in [-0.15, -0.1) is 0 Å². The summed E-state index contributed by atoms with van der Waals surface area (Å²) in [6, 6.07) is 5.78. The van der Waals surface area contributed by atoms with E-state index in [1.807, 2.05) is 18.2 Å². The number of fused-ring (bicyclic) bond motifs is 4. The fourth-order valence-corrected chi connectivity index (χ4v) is 6.59. The van der Waals surface area contributed by atoms with Crippen molar-refractivity contribution in [2.75, 3.05) is 0 Å². The molecule has 0 aromatic heterocycles. The smallest absolute Gasteiger partial charge is 0.298 e. The molecule has 1 aromatic carbocycles. The summed E-state index contributed by atoms with van der Waals surface area (Å²) in [5, 5.41) is 0. The van der Waals surface area contributed by atoms with Crippen molar-refractivity contribution in [2.45, 2.75) is 71.8 Å². The van der Waals surface area contributed by atoms with Gasteiger partial charge in [-0.25, -0.2) is 0 Å². The molecular weight excluding hydrogens is 312 g/mol. The Balaban J connectivity index is 1.73. The molecule has 4 atom stereocenters. The summed E-state index contributed by atoms with van der Waals surface area (Å²) in [7, 11) is 0. The SMILES string of the molecule is CC1(C)CCC[C@]2(C)[C@H]3Cc4cc(OC=O)ccc4O[C@]3(C)CC[C@@H]12. The lowest BCUT2D eigenvalue weighted by atomic mass is 9.44. The predicted octanol–water partition coefficient (Wildman–Crippen LogP) is 5.16. The molecule has 2 aliphatic carbocycles. The third-order valence-corrected chi connectivity index (χ3v) is 7.72. The molecule has 0 radical (unpaired) electrons. The highest BCUT2D eigenvalue weighted by atomic mass is 16.5. The van der Waals surface area contributed by atoms with Crippen molar-refractivity contribution < 1.29 is 14.3 Å². The van der Waals surface area contributed by atoms with Crippen LogP contribution in [0.1, 0.15) is 65.4 Å². The Hall–Kier alpha value is -1.51. The van der Waals surface area contributed by atoms with E-state index in [1.165, 1.54) is 31.2 Å². The second kappa shape index (κ2) is 5.49. The zero-order valence-electron chi connectivity index (χ0n) is 15.9. The molecule has 3 aliphatic rings. The molecule has 2 saturated carbocycles. The van der Waals surface area contributed by atoms with Crippen LogP contribution in [0.2, 0.25) is 0 Å². The van der Waals surface area contributed by atoms with E-state index >= 15 is 0 Å². The van der Waals surface area contributed by atoms with E-state index in [9.17, 15) is 4.79 Å². The van der Waals surface area contributed by atoms with Gasteiger partial charge < -0.3 is 9.47 Å². The van der Waals surface area contributed by atoms with E-state index in [1.54, 1.807) is 0 Å². The third-order valence-electron chi connectivity index (χ3n) is 7.72. The second-order valence-corrected chi connectivity index (χ2v) is 9.59. The minimum atomic E-state index is -0.0846. The molecule has 25 heavy (non-hydrogen) atoms. The van der Waals surface area contributed by atoms with Crippen molar-refractivity contribution >= 4 is 6.47 Å². The number of benzene rings is 1. The maximum absolute atomic E-state index is 10.7. The lowest BCUT2D eigenvalue weighted by Gasteiger charge is -2.63. The molecule has 0 saturated heterocycles. The number of carbonyl (C=O) groups is 1. The summed E-state index contributed by atoms with van der Waals surface area (Å²) in [4.78, 5) is 10.7. The monoisotopic (exact) mass is 342 g/mol. The van der Waals surface area contributed by atoms with E-state index in [0.717, 1.165) is 24.5 Å². The summed E-state index contributed by atoms with van der Waals surface area (Å²) >= 11 is 0. The number of rotatable bonds is 2. The maximum Gasteiger partial charge on any atom is 0.298 e. The molecule has 3 heteroatoms. The molecule has 136 valence electrons. The van der Waals surface area contributed by atoms with E-state index < -0.39 is 0 Å².